The molecule has 0 aliphatic carbocycles. The largest absolute Gasteiger partial charge is 0.506 e. The van der Waals surface area contributed by atoms with E-state index in [9.17, 15) is 9.90 Å². The molecule has 1 heterocycles. The smallest absolute Gasteiger partial charge is 0.142 e. The minimum absolute atomic E-state index is 0.00231. The van der Waals surface area contributed by atoms with Crippen LogP contribution in [0.25, 0.3) is 6.08 Å². The second-order valence-corrected chi connectivity index (χ2v) is 2.42. The molecule has 0 saturated carbocycles. The van der Waals surface area contributed by atoms with Gasteiger partial charge in [-0.05, 0) is 24.3 Å². The highest BCUT2D eigenvalue weighted by Gasteiger charge is 1.98. The molecule has 4 heteroatoms. The first-order chi connectivity index (χ1) is 5.74. The van der Waals surface area contributed by atoms with E-state index in [1.807, 2.05) is 0 Å². The van der Waals surface area contributed by atoms with E-state index < -0.39 is 0 Å². The van der Waals surface area contributed by atoms with Crippen LogP contribution in [0, 0.1) is 0 Å². The average Bonchev–Trinajstić information content (AvgIpc) is 2.07. The van der Waals surface area contributed by atoms with Crippen LogP contribution in [0.3, 0.4) is 0 Å². The van der Waals surface area contributed by atoms with Gasteiger partial charge in [-0.25, -0.2) is 4.98 Å². The molecule has 1 aromatic heterocycles. The van der Waals surface area contributed by atoms with Crippen molar-refractivity contribution in [1.29, 1.82) is 0 Å². The molecule has 0 amide bonds. The Hall–Kier alpha value is -1.35. The molecular weight excluding hydrogens is 178 g/mol. The lowest BCUT2D eigenvalue weighted by Gasteiger charge is -1.96. The fourth-order valence-electron chi connectivity index (χ4n) is 0.696. The van der Waals surface area contributed by atoms with Crippen molar-refractivity contribution in [3.8, 4) is 5.75 Å². The first-order valence-electron chi connectivity index (χ1n) is 3.21. The third kappa shape index (κ3) is 2.07. The van der Waals surface area contributed by atoms with Crippen molar-refractivity contribution in [2.45, 2.75) is 0 Å². The molecule has 1 aromatic rings. The summed E-state index contributed by atoms with van der Waals surface area (Å²) in [5.41, 5.74) is 0.287. The highest BCUT2D eigenvalue weighted by molar-refractivity contribution is 6.29. The number of rotatable bonds is 2. The maximum Gasteiger partial charge on any atom is 0.142 e. The van der Waals surface area contributed by atoms with E-state index in [0.29, 0.717) is 6.29 Å². The molecule has 62 valence electrons. The average molecular weight is 184 g/mol. The number of aromatic nitrogens is 1. The van der Waals surface area contributed by atoms with E-state index in [1.165, 1.54) is 24.3 Å². The van der Waals surface area contributed by atoms with E-state index in [0.717, 1.165) is 0 Å². The van der Waals surface area contributed by atoms with Crippen molar-refractivity contribution < 1.29 is 9.90 Å². The third-order valence-electron chi connectivity index (χ3n) is 1.20. The Labute approximate surface area is 74.3 Å². The zero-order chi connectivity index (χ0) is 8.97. The molecule has 0 spiro atoms. The topological polar surface area (TPSA) is 50.2 Å². The zero-order valence-electron chi connectivity index (χ0n) is 6.07. The standard InChI is InChI=1S/C8H6ClNO2/c9-8-4-3-7(12)6(10-8)2-1-5-11/h1-5,12H. The molecule has 12 heavy (non-hydrogen) atoms. The second-order valence-electron chi connectivity index (χ2n) is 2.03. The van der Waals surface area contributed by atoms with E-state index in [2.05, 4.69) is 4.98 Å². The number of carbonyl (C=O) groups excluding carboxylic acids is 1. The van der Waals surface area contributed by atoms with Gasteiger partial charge in [0.05, 0.1) is 0 Å². The number of aromatic hydroxyl groups is 1. The second kappa shape index (κ2) is 3.88. The normalized spacial score (nSPS) is 10.4. The summed E-state index contributed by atoms with van der Waals surface area (Å²) in [7, 11) is 0. The van der Waals surface area contributed by atoms with Gasteiger partial charge >= 0.3 is 0 Å². The molecule has 0 aliphatic rings. The molecule has 3 nitrogen and oxygen atoms in total. The minimum atomic E-state index is -0.00231. The Morgan fingerprint density at radius 1 is 1.50 bits per heavy atom. The number of aldehydes is 1. The van der Waals surface area contributed by atoms with Crippen molar-refractivity contribution >= 4 is 24.0 Å². The van der Waals surface area contributed by atoms with Gasteiger partial charge in [-0.15, -0.1) is 0 Å². The van der Waals surface area contributed by atoms with Crippen LogP contribution < -0.4 is 0 Å². The number of carbonyl (C=O) groups is 1. The summed E-state index contributed by atoms with van der Waals surface area (Å²) in [5.74, 6) is -0.00231. The molecule has 0 aromatic carbocycles. The third-order valence-corrected chi connectivity index (χ3v) is 1.41. The van der Waals surface area contributed by atoms with Crippen LogP contribution in [0.15, 0.2) is 18.2 Å². The van der Waals surface area contributed by atoms with Crippen LogP contribution in [-0.2, 0) is 4.79 Å². The first-order valence-corrected chi connectivity index (χ1v) is 3.59. The highest BCUT2D eigenvalue weighted by atomic mass is 35.5. The molecule has 0 bridgehead atoms. The van der Waals surface area contributed by atoms with Crippen LogP contribution >= 0.6 is 11.6 Å². The summed E-state index contributed by atoms with van der Waals surface area (Å²) in [6, 6.07) is 2.88. The van der Waals surface area contributed by atoms with E-state index in [1.54, 1.807) is 0 Å². The lowest BCUT2D eigenvalue weighted by Crippen LogP contribution is -1.82. The van der Waals surface area contributed by atoms with Gasteiger partial charge in [0.1, 0.15) is 22.9 Å². The van der Waals surface area contributed by atoms with Crippen molar-refractivity contribution in [1.82, 2.24) is 4.98 Å². The van der Waals surface area contributed by atoms with E-state index >= 15 is 0 Å². The van der Waals surface area contributed by atoms with E-state index in [-0.39, 0.29) is 16.6 Å². The summed E-state index contributed by atoms with van der Waals surface area (Å²) in [6.45, 7) is 0. The molecule has 1 N–H and O–H groups in total. The summed E-state index contributed by atoms with van der Waals surface area (Å²) in [4.78, 5) is 13.7. The number of nitrogens with zero attached hydrogens (tertiary/aromatic N) is 1. The Morgan fingerprint density at radius 2 is 2.25 bits per heavy atom. The molecular formula is C8H6ClNO2. The number of halogens is 1. The fourth-order valence-corrected chi connectivity index (χ4v) is 0.850. The van der Waals surface area contributed by atoms with Gasteiger partial charge in [0.15, 0.2) is 0 Å². The molecule has 0 fully saturated rings. The molecule has 0 radical (unpaired) electrons. The monoisotopic (exact) mass is 183 g/mol. The predicted octanol–water partition coefficient (Wildman–Crippen LogP) is 1.65. The maximum atomic E-state index is 9.95. The molecule has 0 aliphatic heterocycles. The van der Waals surface area contributed by atoms with Crippen LogP contribution in [0.4, 0.5) is 0 Å². The van der Waals surface area contributed by atoms with Gasteiger partial charge < -0.3 is 5.11 Å². The predicted molar refractivity (Wildman–Crippen MR) is 46.0 cm³/mol. The zero-order valence-corrected chi connectivity index (χ0v) is 6.82. The lowest BCUT2D eigenvalue weighted by molar-refractivity contribution is -0.104. The lowest BCUT2D eigenvalue weighted by atomic mass is 10.3. The Bertz CT molecular complexity index is 323. The number of hydrogen-bond acceptors (Lipinski definition) is 3. The van der Waals surface area contributed by atoms with Gasteiger partial charge in [0.25, 0.3) is 0 Å². The number of allylic oxidation sites excluding steroid dienone is 1. The van der Waals surface area contributed by atoms with Crippen molar-refractivity contribution in [3.63, 3.8) is 0 Å². The summed E-state index contributed by atoms with van der Waals surface area (Å²) >= 11 is 5.55. The molecule has 0 saturated heterocycles. The molecule has 1 rings (SSSR count). The quantitative estimate of drug-likeness (QED) is 0.431. The number of hydrogen-bond donors (Lipinski definition) is 1. The summed E-state index contributed by atoms with van der Waals surface area (Å²) < 4.78 is 0. The van der Waals surface area contributed by atoms with Gasteiger partial charge in [0, 0.05) is 0 Å². The number of pyridine rings is 1. The highest BCUT2D eigenvalue weighted by Crippen LogP contribution is 2.18. The Morgan fingerprint density at radius 3 is 2.92 bits per heavy atom. The van der Waals surface area contributed by atoms with Crippen LogP contribution in [0.1, 0.15) is 5.69 Å². The molecule has 0 atom stereocenters. The Kier molecular flexibility index (Phi) is 2.82. The van der Waals surface area contributed by atoms with Crippen molar-refractivity contribution in [3.05, 3.63) is 29.1 Å². The van der Waals surface area contributed by atoms with Crippen LogP contribution in [-0.4, -0.2) is 16.4 Å². The van der Waals surface area contributed by atoms with Crippen molar-refractivity contribution in [2.75, 3.05) is 0 Å². The maximum absolute atomic E-state index is 9.95. The van der Waals surface area contributed by atoms with Gasteiger partial charge in [-0.1, -0.05) is 11.6 Å². The van der Waals surface area contributed by atoms with Gasteiger partial charge in [-0.2, -0.15) is 0 Å². The van der Waals surface area contributed by atoms with E-state index in [4.69, 9.17) is 11.6 Å². The van der Waals surface area contributed by atoms with Crippen molar-refractivity contribution in [2.24, 2.45) is 0 Å². The van der Waals surface area contributed by atoms with Gasteiger partial charge in [0.2, 0.25) is 0 Å². The minimum Gasteiger partial charge on any atom is -0.506 e. The SMILES string of the molecule is O=CC=Cc1nc(Cl)ccc1O. The summed E-state index contributed by atoms with van der Waals surface area (Å²) in [6.07, 6.45) is 3.22. The van der Waals surface area contributed by atoms with Gasteiger partial charge in [-0.3, -0.25) is 4.79 Å². The fraction of sp³-hybridized carbons (Fsp3) is 0. The molecule has 0 unspecified atom stereocenters. The van der Waals surface area contributed by atoms with Crippen LogP contribution in [0.2, 0.25) is 5.15 Å². The summed E-state index contributed by atoms with van der Waals surface area (Å²) in [5, 5.41) is 9.45. The first kappa shape index (κ1) is 8.74. The van der Waals surface area contributed by atoms with Crippen LogP contribution in [0.5, 0.6) is 5.75 Å². The Balaban J connectivity index is 3.04.